The monoisotopic (exact) mass is 394 g/mol. The van der Waals surface area contributed by atoms with Crippen molar-refractivity contribution in [3.63, 3.8) is 0 Å². The van der Waals surface area contributed by atoms with Crippen LogP contribution in [-0.2, 0) is 0 Å². The lowest BCUT2D eigenvalue weighted by Crippen LogP contribution is -2.38. The van der Waals surface area contributed by atoms with Gasteiger partial charge in [0.15, 0.2) is 0 Å². The van der Waals surface area contributed by atoms with Gasteiger partial charge in [-0.2, -0.15) is 5.21 Å². The smallest absolute Gasteiger partial charge is 0.205 e. The maximum Gasteiger partial charge on any atom is 0.205 e. The second-order valence-corrected chi connectivity index (χ2v) is 8.90. The van der Waals surface area contributed by atoms with Gasteiger partial charge in [-0.25, -0.2) is 4.39 Å². The highest BCUT2D eigenvalue weighted by Gasteiger charge is 2.29. The number of nitrogens with zero attached hydrogens (tertiary/aromatic N) is 5. The summed E-state index contributed by atoms with van der Waals surface area (Å²) < 4.78 is 15.4. The molecule has 3 heterocycles. The molecule has 1 aliphatic rings. The molecule has 29 heavy (non-hydrogen) atoms. The highest BCUT2D eigenvalue weighted by Crippen LogP contribution is 2.39. The lowest BCUT2D eigenvalue weighted by Gasteiger charge is -2.40. The Morgan fingerprint density at radius 3 is 2.48 bits per heavy atom. The molecule has 0 bridgehead atoms. The molecule has 2 aromatic heterocycles. The number of hydrogen-bond donors (Lipinski definition) is 1. The highest BCUT2D eigenvalue weighted by molar-refractivity contribution is 5.83. The van der Waals surface area contributed by atoms with Crippen molar-refractivity contribution in [1.82, 2.24) is 25.6 Å². The summed E-state index contributed by atoms with van der Waals surface area (Å²) in [6, 6.07) is 7.34. The van der Waals surface area contributed by atoms with Crippen molar-refractivity contribution < 1.29 is 4.39 Å². The minimum Gasteiger partial charge on any atom is -0.371 e. The third-order valence-corrected chi connectivity index (χ3v) is 5.95. The van der Waals surface area contributed by atoms with Crippen molar-refractivity contribution in [2.24, 2.45) is 11.3 Å². The van der Waals surface area contributed by atoms with Crippen molar-refractivity contribution in [3.8, 4) is 22.5 Å². The van der Waals surface area contributed by atoms with Gasteiger partial charge in [-0.1, -0.05) is 26.8 Å². The number of aryl methyl sites for hydroxylation is 1. The summed E-state index contributed by atoms with van der Waals surface area (Å²) in [6.45, 7) is 10.6. The predicted molar refractivity (Wildman–Crippen MR) is 112 cm³/mol. The van der Waals surface area contributed by atoms with Crippen LogP contribution in [-0.4, -0.2) is 38.7 Å². The first-order valence-electron chi connectivity index (χ1n) is 10.1. The zero-order chi connectivity index (χ0) is 20.6. The van der Waals surface area contributed by atoms with Gasteiger partial charge in [-0.3, -0.25) is 4.98 Å². The van der Waals surface area contributed by atoms with Crippen molar-refractivity contribution in [1.29, 1.82) is 0 Å². The second kappa shape index (κ2) is 7.54. The Balaban J connectivity index is 1.72. The normalized spacial score (nSPS) is 15.7. The molecule has 0 amide bonds. The molecule has 0 spiro atoms. The van der Waals surface area contributed by atoms with Crippen LogP contribution in [0.2, 0.25) is 0 Å². The van der Waals surface area contributed by atoms with E-state index in [2.05, 4.69) is 51.3 Å². The van der Waals surface area contributed by atoms with Gasteiger partial charge < -0.3 is 4.90 Å². The number of anilines is 1. The van der Waals surface area contributed by atoms with Crippen LogP contribution in [0.4, 0.5) is 10.1 Å². The summed E-state index contributed by atoms with van der Waals surface area (Å²) >= 11 is 0. The molecule has 1 aromatic carbocycles. The zero-order valence-electron chi connectivity index (χ0n) is 17.4. The molecule has 1 saturated heterocycles. The third-order valence-electron chi connectivity index (χ3n) is 5.95. The van der Waals surface area contributed by atoms with Gasteiger partial charge in [0, 0.05) is 47.4 Å². The number of nitrogens with one attached hydrogen (secondary N) is 1. The van der Waals surface area contributed by atoms with Crippen LogP contribution >= 0.6 is 0 Å². The van der Waals surface area contributed by atoms with Crippen LogP contribution in [0, 0.1) is 24.1 Å². The van der Waals surface area contributed by atoms with Gasteiger partial charge in [0.1, 0.15) is 5.82 Å². The second-order valence-electron chi connectivity index (χ2n) is 8.90. The number of halogens is 1. The lowest BCUT2D eigenvalue weighted by atomic mass is 9.75. The summed E-state index contributed by atoms with van der Waals surface area (Å²) in [5, 5.41) is 14.4. The number of aromatic nitrogens is 5. The summed E-state index contributed by atoms with van der Waals surface area (Å²) in [4.78, 5) is 6.58. The van der Waals surface area contributed by atoms with Crippen molar-refractivity contribution in [3.05, 3.63) is 42.0 Å². The van der Waals surface area contributed by atoms with E-state index in [4.69, 9.17) is 0 Å². The Hall–Kier alpha value is -2.83. The van der Waals surface area contributed by atoms with Gasteiger partial charge in [0.05, 0.1) is 0 Å². The lowest BCUT2D eigenvalue weighted by molar-refractivity contribution is 0.199. The number of aromatic amines is 1. The van der Waals surface area contributed by atoms with Gasteiger partial charge in [0.2, 0.25) is 5.82 Å². The topological polar surface area (TPSA) is 70.6 Å². The Kier molecular flexibility index (Phi) is 5.06. The maximum atomic E-state index is 15.4. The molecule has 0 unspecified atom stereocenters. The molecule has 6 nitrogen and oxygen atoms in total. The Morgan fingerprint density at radius 1 is 1.14 bits per heavy atom. The SMILES string of the molecule is Cc1ccc(-c2c(F)cc(N3CCC(C(C)(C)C)CC3)cc2-c2nn[nH]n2)cn1. The fourth-order valence-corrected chi connectivity index (χ4v) is 4.14. The predicted octanol–water partition coefficient (Wildman–Crippen LogP) is 4.64. The van der Waals surface area contributed by atoms with Crippen LogP contribution in [0.5, 0.6) is 0 Å². The van der Waals surface area contributed by atoms with E-state index >= 15 is 4.39 Å². The first kappa shape index (κ1) is 19.5. The Morgan fingerprint density at radius 2 is 1.90 bits per heavy atom. The van der Waals surface area contributed by atoms with Crippen molar-refractivity contribution in [2.45, 2.75) is 40.5 Å². The Labute approximate surface area is 170 Å². The molecule has 1 N–H and O–H groups in total. The molecular weight excluding hydrogens is 367 g/mol. The van der Waals surface area contributed by atoms with Gasteiger partial charge in [0.25, 0.3) is 0 Å². The fraction of sp³-hybridized carbons (Fsp3) is 0.455. The molecule has 4 rings (SSSR count). The highest BCUT2D eigenvalue weighted by atomic mass is 19.1. The number of H-pyrrole nitrogens is 1. The Bertz CT molecular complexity index is 968. The molecule has 7 heteroatoms. The number of tetrazole rings is 1. The molecule has 0 saturated carbocycles. The van der Waals surface area contributed by atoms with Crippen molar-refractivity contribution >= 4 is 5.69 Å². The number of benzene rings is 1. The van der Waals surface area contributed by atoms with Crippen LogP contribution < -0.4 is 4.90 Å². The van der Waals surface area contributed by atoms with Crippen LogP contribution in [0.1, 0.15) is 39.3 Å². The van der Waals surface area contributed by atoms with Gasteiger partial charge in [-0.15, -0.1) is 10.2 Å². The van der Waals surface area contributed by atoms with E-state index < -0.39 is 0 Å². The van der Waals surface area contributed by atoms with Crippen LogP contribution in [0.25, 0.3) is 22.5 Å². The summed E-state index contributed by atoms with van der Waals surface area (Å²) in [5.41, 5.74) is 3.82. The van der Waals surface area contributed by atoms with Gasteiger partial charge >= 0.3 is 0 Å². The van der Waals surface area contributed by atoms with Crippen LogP contribution in [0.3, 0.4) is 0 Å². The molecule has 0 atom stereocenters. The number of pyridine rings is 1. The average molecular weight is 394 g/mol. The average Bonchev–Trinajstić information content (AvgIpc) is 3.22. The molecule has 0 radical (unpaired) electrons. The molecule has 3 aromatic rings. The first-order chi connectivity index (χ1) is 13.8. The number of hydrogen-bond acceptors (Lipinski definition) is 5. The van der Waals surface area contributed by atoms with E-state index in [1.165, 1.54) is 0 Å². The molecular formula is C22H27FN6. The summed E-state index contributed by atoms with van der Waals surface area (Å²) in [5.74, 6) is 0.759. The van der Waals surface area contributed by atoms with E-state index in [0.29, 0.717) is 33.8 Å². The standard InChI is InChI=1S/C22H27FN6/c1-14-5-6-15(13-24-14)20-18(21-25-27-28-26-21)11-17(12-19(20)23)29-9-7-16(8-10-29)22(2,3)4/h5-6,11-13,16H,7-10H2,1-4H3,(H,25,26,27,28). The van der Waals surface area contributed by atoms with E-state index in [1.54, 1.807) is 12.3 Å². The minimum atomic E-state index is -0.300. The van der Waals surface area contributed by atoms with E-state index in [-0.39, 0.29) is 5.82 Å². The quantitative estimate of drug-likeness (QED) is 0.701. The van der Waals surface area contributed by atoms with Crippen molar-refractivity contribution in [2.75, 3.05) is 18.0 Å². The van der Waals surface area contributed by atoms with E-state index in [1.807, 2.05) is 25.1 Å². The van der Waals surface area contributed by atoms with Gasteiger partial charge in [-0.05, 0) is 54.5 Å². The zero-order valence-corrected chi connectivity index (χ0v) is 17.4. The summed E-state index contributed by atoms with van der Waals surface area (Å²) in [7, 11) is 0. The number of piperidine rings is 1. The minimum absolute atomic E-state index is 0.300. The molecule has 1 aliphatic heterocycles. The fourth-order valence-electron chi connectivity index (χ4n) is 4.14. The first-order valence-corrected chi connectivity index (χ1v) is 10.1. The molecule has 0 aliphatic carbocycles. The summed E-state index contributed by atoms with van der Waals surface area (Å²) in [6.07, 6.45) is 3.89. The van der Waals surface area contributed by atoms with E-state index in [9.17, 15) is 0 Å². The maximum absolute atomic E-state index is 15.4. The molecule has 152 valence electrons. The number of rotatable bonds is 3. The van der Waals surface area contributed by atoms with Crippen LogP contribution in [0.15, 0.2) is 30.5 Å². The van der Waals surface area contributed by atoms with E-state index in [0.717, 1.165) is 37.3 Å². The largest absolute Gasteiger partial charge is 0.371 e. The third kappa shape index (κ3) is 3.99. The molecule has 1 fully saturated rings.